The highest BCUT2D eigenvalue weighted by molar-refractivity contribution is 7.88. The van der Waals surface area contributed by atoms with Gasteiger partial charge in [-0.1, -0.05) is 6.08 Å². The second-order valence-electron chi connectivity index (χ2n) is 5.02. The fraction of sp³-hybridized carbons (Fsp3) is 0.250. The van der Waals surface area contributed by atoms with Crippen molar-refractivity contribution < 1.29 is 22.7 Å². The Kier molecular flexibility index (Phi) is 5.48. The molecule has 1 aliphatic heterocycles. The first kappa shape index (κ1) is 18.5. The Morgan fingerprint density at radius 2 is 2.00 bits per heavy atom. The van der Waals surface area contributed by atoms with Crippen LogP contribution in [0.15, 0.2) is 47.0 Å². The van der Waals surface area contributed by atoms with Gasteiger partial charge in [0.1, 0.15) is 5.70 Å². The van der Waals surface area contributed by atoms with E-state index in [-0.39, 0.29) is 18.0 Å². The van der Waals surface area contributed by atoms with Gasteiger partial charge in [0.25, 0.3) is 5.91 Å². The molecule has 9 heteroatoms. The van der Waals surface area contributed by atoms with E-state index < -0.39 is 16.1 Å². The predicted octanol–water partition coefficient (Wildman–Crippen LogP) is 0.869. The number of rotatable bonds is 6. The largest absolute Gasteiger partial charge is 0.493 e. The van der Waals surface area contributed by atoms with Crippen molar-refractivity contribution in [2.75, 3.05) is 27.8 Å². The summed E-state index contributed by atoms with van der Waals surface area (Å²) >= 11 is 0. The van der Waals surface area contributed by atoms with Gasteiger partial charge in [-0.05, 0) is 24.3 Å². The van der Waals surface area contributed by atoms with Gasteiger partial charge in [0.05, 0.1) is 19.9 Å². The highest BCUT2D eigenvalue weighted by atomic mass is 32.2. The topological polar surface area (TPSA) is 97.3 Å². The monoisotopic (exact) mass is 365 g/mol. The quantitative estimate of drug-likeness (QED) is 0.755. The van der Waals surface area contributed by atoms with Gasteiger partial charge in [-0.15, -0.1) is 11.0 Å². The number of methoxy groups -OCH3 is 2. The van der Waals surface area contributed by atoms with Crippen LogP contribution in [-0.2, 0) is 15.0 Å². The number of hydrogen-bond acceptors (Lipinski definition) is 5. The van der Waals surface area contributed by atoms with E-state index in [2.05, 4.69) is 16.3 Å². The van der Waals surface area contributed by atoms with E-state index in [9.17, 15) is 13.2 Å². The maximum absolute atomic E-state index is 12.3. The lowest BCUT2D eigenvalue weighted by atomic mass is 10.1. The van der Waals surface area contributed by atoms with Crippen LogP contribution < -0.4 is 14.8 Å². The first-order chi connectivity index (χ1) is 11.8. The Morgan fingerprint density at radius 3 is 2.60 bits per heavy atom. The lowest BCUT2D eigenvalue weighted by Crippen LogP contribution is -2.38. The van der Waals surface area contributed by atoms with Crippen LogP contribution in [0.1, 0.15) is 5.56 Å². The number of likely N-dealkylation sites (N-methyl/N-ethyl adjacent to an activating group) is 1. The van der Waals surface area contributed by atoms with Crippen molar-refractivity contribution in [1.82, 2.24) is 9.62 Å². The fourth-order valence-corrected chi connectivity index (χ4v) is 3.07. The number of benzene rings is 1. The molecule has 0 fully saturated rings. The van der Waals surface area contributed by atoms with Crippen molar-refractivity contribution >= 4 is 21.8 Å². The molecule has 1 aliphatic rings. The predicted molar refractivity (Wildman–Crippen MR) is 94.1 cm³/mol. The van der Waals surface area contributed by atoms with Crippen LogP contribution in [0.25, 0.3) is 0 Å². The summed E-state index contributed by atoms with van der Waals surface area (Å²) in [6.45, 7) is 3.72. The van der Waals surface area contributed by atoms with E-state index in [0.29, 0.717) is 17.1 Å². The molecule has 1 amide bonds. The van der Waals surface area contributed by atoms with Gasteiger partial charge >= 0.3 is 10.2 Å². The molecule has 0 saturated heterocycles. The molecule has 0 aliphatic carbocycles. The molecule has 2 rings (SSSR count). The highest BCUT2D eigenvalue weighted by Gasteiger charge is 2.30. The van der Waals surface area contributed by atoms with E-state index in [1.54, 1.807) is 18.2 Å². The van der Waals surface area contributed by atoms with Crippen LogP contribution in [0.2, 0.25) is 0 Å². The molecular weight excluding hydrogens is 346 g/mol. The molecule has 1 heterocycles. The average molecular weight is 365 g/mol. The van der Waals surface area contributed by atoms with Crippen LogP contribution in [0, 0.1) is 0 Å². The summed E-state index contributed by atoms with van der Waals surface area (Å²) in [6.07, 6.45) is 2.90. The molecule has 0 spiro atoms. The standard InChI is InChI=1S/C16H19N3O5S/c1-5-8-17-16(20)13-10-12(18-25(21,22)19(13)2)11-6-7-14(23-3)15(9-11)24-4/h5-7,9-10H,1,8H2,2-4H3,(H,17,20). The zero-order chi connectivity index (χ0) is 18.6. The van der Waals surface area contributed by atoms with Gasteiger partial charge in [0, 0.05) is 19.2 Å². The number of carbonyl (C=O) groups excluding carboxylic acids is 1. The van der Waals surface area contributed by atoms with Crippen molar-refractivity contribution in [2.24, 2.45) is 4.40 Å². The Bertz CT molecular complexity index is 859. The molecule has 25 heavy (non-hydrogen) atoms. The van der Waals surface area contributed by atoms with Gasteiger partial charge in [0.2, 0.25) is 0 Å². The van der Waals surface area contributed by atoms with E-state index in [1.165, 1.54) is 33.4 Å². The Balaban J connectivity index is 2.50. The lowest BCUT2D eigenvalue weighted by Gasteiger charge is -2.23. The highest BCUT2D eigenvalue weighted by Crippen LogP contribution is 2.29. The van der Waals surface area contributed by atoms with Gasteiger partial charge < -0.3 is 14.8 Å². The number of nitrogens with one attached hydrogen (secondary N) is 1. The van der Waals surface area contributed by atoms with Crippen LogP contribution in [0.3, 0.4) is 0 Å². The van der Waals surface area contributed by atoms with Crippen LogP contribution in [-0.4, -0.2) is 52.2 Å². The summed E-state index contributed by atoms with van der Waals surface area (Å²) in [6, 6.07) is 4.86. The summed E-state index contributed by atoms with van der Waals surface area (Å²) in [5.41, 5.74) is 0.563. The summed E-state index contributed by atoms with van der Waals surface area (Å²) in [5.74, 6) is 0.375. The molecule has 1 aromatic carbocycles. The summed E-state index contributed by atoms with van der Waals surface area (Å²) in [5, 5.41) is 2.55. The molecule has 0 atom stereocenters. The van der Waals surface area contributed by atoms with Crippen LogP contribution >= 0.6 is 0 Å². The van der Waals surface area contributed by atoms with Crippen molar-refractivity contribution in [3.8, 4) is 11.5 Å². The van der Waals surface area contributed by atoms with E-state index in [0.717, 1.165) is 4.31 Å². The molecule has 0 saturated carbocycles. The third-order valence-corrected chi connectivity index (χ3v) is 4.81. The molecule has 0 unspecified atom stereocenters. The lowest BCUT2D eigenvalue weighted by molar-refractivity contribution is -0.118. The Labute approximate surface area is 146 Å². The number of carbonyl (C=O) groups is 1. The number of allylic oxidation sites excluding steroid dienone is 1. The third-order valence-electron chi connectivity index (χ3n) is 3.49. The molecular formula is C16H19N3O5S. The molecule has 134 valence electrons. The molecule has 1 N–H and O–H groups in total. The SMILES string of the molecule is C=CCNC(=O)C1=CC(c2ccc(OC)c(OC)c2)=NS(=O)(=O)N1C. The van der Waals surface area contributed by atoms with Crippen LogP contribution in [0.4, 0.5) is 0 Å². The summed E-state index contributed by atoms with van der Waals surface area (Å²) in [4.78, 5) is 12.2. The summed E-state index contributed by atoms with van der Waals surface area (Å²) in [7, 11) is 0.217. The van der Waals surface area contributed by atoms with E-state index >= 15 is 0 Å². The third kappa shape index (κ3) is 3.82. The normalized spacial score (nSPS) is 15.7. The second-order valence-corrected chi connectivity index (χ2v) is 6.65. The average Bonchev–Trinajstić information content (AvgIpc) is 2.60. The van der Waals surface area contributed by atoms with Gasteiger partial charge in [-0.25, -0.2) is 4.31 Å². The smallest absolute Gasteiger partial charge is 0.345 e. The van der Waals surface area contributed by atoms with Gasteiger partial charge in [-0.3, -0.25) is 4.79 Å². The molecule has 0 radical (unpaired) electrons. The van der Waals surface area contributed by atoms with Crippen molar-refractivity contribution in [3.63, 3.8) is 0 Å². The van der Waals surface area contributed by atoms with Crippen molar-refractivity contribution in [2.45, 2.75) is 0 Å². The number of amides is 1. The number of ether oxygens (including phenoxy) is 2. The molecule has 8 nitrogen and oxygen atoms in total. The van der Waals surface area contributed by atoms with Crippen molar-refractivity contribution in [3.05, 3.63) is 48.2 Å². The fourth-order valence-electron chi connectivity index (χ4n) is 2.15. The summed E-state index contributed by atoms with van der Waals surface area (Å²) < 4.78 is 39.5. The minimum absolute atomic E-state index is 0.0402. The van der Waals surface area contributed by atoms with Crippen molar-refractivity contribution in [1.29, 1.82) is 0 Å². The maximum atomic E-state index is 12.3. The van der Waals surface area contributed by atoms with Gasteiger partial charge in [-0.2, -0.15) is 8.42 Å². The Morgan fingerprint density at radius 1 is 1.32 bits per heavy atom. The molecule has 1 aromatic rings. The number of hydrogen-bond donors (Lipinski definition) is 1. The first-order valence-corrected chi connectivity index (χ1v) is 8.65. The minimum Gasteiger partial charge on any atom is -0.493 e. The van der Waals surface area contributed by atoms with E-state index in [4.69, 9.17) is 9.47 Å². The molecule has 0 aromatic heterocycles. The zero-order valence-corrected chi connectivity index (χ0v) is 15.0. The maximum Gasteiger partial charge on any atom is 0.345 e. The van der Waals surface area contributed by atoms with Crippen LogP contribution in [0.5, 0.6) is 11.5 Å². The Hall–Kier alpha value is -2.81. The number of nitrogens with zero attached hydrogens (tertiary/aromatic N) is 2. The van der Waals surface area contributed by atoms with Gasteiger partial charge in [0.15, 0.2) is 11.5 Å². The zero-order valence-electron chi connectivity index (χ0n) is 14.1. The molecule has 0 bridgehead atoms. The first-order valence-electron chi connectivity index (χ1n) is 7.26. The van der Waals surface area contributed by atoms with E-state index in [1.807, 2.05) is 0 Å². The second kappa shape index (κ2) is 7.39. The minimum atomic E-state index is -4.02.